The third-order valence-electron chi connectivity index (χ3n) is 0. The van der Waals surface area contributed by atoms with Crippen molar-refractivity contribution in [1.82, 2.24) is 5.73 Å². The van der Waals surface area contributed by atoms with E-state index in [1.807, 2.05) is 0 Å². The van der Waals surface area contributed by atoms with E-state index in [0.717, 1.165) is 0 Å². The van der Waals surface area contributed by atoms with E-state index in [9.17, 15) is 0 Å². The molecule has 1 amide bonds. The van der Waals surface area contributed by atoms with Crippen LogP contribution in [0.1, 0.15) is 0 Å². The lowest BCUT2D eigenvalue weighted by Gasteiger charge is -1.55. The van der Waals surface area contributed by atoms with E-state index in [0.29, 0.717) is 0 Å². The molecule has 0 saturated carbocycles. The van der Waals surface area contributed by atoms with Crippen LogP contribution >= 0.6 is 0 Å². The van der Waals surface area contributed by atoms with Crippen molar-refractivity contribution in [3.8, 4) is 0 Å². The number of carbonyl (C=O) groups excluding carboxylic acids is 1. The molecule has 0 heterocycles. The minimum Gasteiger partial charge on any atom is -0.273 e. The average Bonchev–Trinajstić information content (AvgIpc) is 0.811. The van der Waals surface area contributed by atoms with Crippen molar-refractivity contribution in [2.24, 2.45) is 0 Å². The van der Waals surface area contributed by atoms with Gasteiger partial charge in [0.1, 0.15) is 0 Å². The zero-order valence-electron chi connectivity index (χ0n) is 2.12. The molecule has 0 bridgehead atoms. The van der Waals surface area contributed by atoms with Crippen LogP contribution in [0.25, 0.3) is 0 Å². The first-order valence-corrected chi connectivity index (χ1v) is 0.808. The highest BCUT2D eigenvalue weighted by molar-refractivity contribution is 5.77. The molecule has 4 heavy (non-hydrogen) atoms. The topological polar surface area (TPSA) is 40.9 Å². The summed E-state index contributed by atoms with van der Waals surface area (Å²) in [5, 5.41) is 0. The van der Waals surface area contributed by atoms with Gasteiger partial charge < -0.3 is 0 Å². The molecule has 0 fully saturated rings. The molecule has 0 aromatic heterocycles. The molecular weight excluding hydrogens is 54.0 g/mol. The van der Waals surface area contributed by atoms with Crippen LogP contribution in [0.15, 0.2) is 0 Å². The van der Waals surface area contributed by atoms with Crippen molar-refractivity contribution in [3.63, 3.8) is 0 Å². The Bertz CT molecular complexity index is 29.0. The van der Waals surface area contributed by atoms with E-state index >= 15 is 0 Å². The molecule has 0 aliphatic rings. The average molecular weight is 57.1 g/mol. The van der Waals surface area contributed by atoms with Crippen LogP contribution in [-0.2, 0) is 4.79 Å². The third-order valence-corrected chi connectivity index (χ3v) is 0. The molecule has 0 saturated heterocycles. The molecule has 2 nitrogen and oxygen atoms in total. The fraction of sp³-hybridized carbons (Fsp3) is 0. The van der Waals surface area contributed by atoms with Gasteiger partial charge >= 0.3 is 0 Å². The van der Waals surface area contributed by atoms with Crippen molar-refractivity contribution in [2.45, 2.75) is 0 Å². The number of carbonyl (C=O) groups is 1. The zero-order valence-corrected chi connectivity index (χ0v) is 2.12. The standard InChI is InChI=1S/C2H3NO/c1-2(3)4/h3H,1H2. The first-order valence-electron chi connectivity index (χ1n) is 0.808. The Labute approximate surface area is 24.6 Å². The minimum absolute atomic E-state index is 0.833. The second kappa shape index (κ2) is 0.875. The van der Waals surface area contributed by atoms with Crippen molar-refractivity contribution in [1.29, 1.82) is 0 Å². The van der Waals surface area contributed by atoms with Crippen LogP contribution in [0, 0.1) is 6.92 Å². The van der Waals surface area contributed by atoms with Crippen molar-refractivity contribution in [3.05, 3.63) is 6.92 Å². The molecule has 1 N–H and O–H groups in total. The SMILES string of the molecule is [CH2]C([NH])=O. The van der Waals surface area contributed by atoms with Gasteiger partial charge in [0.05, 0.1) is 0 Å². The molecule has 0 unspecified atom stereocenters. The predicted molar refractivity (Wildman–Crippen MR) is 13.5 cm³/mol. The third kappa shape index (κ3) is 1.16. The van der Waals surface area contributed by atoms with Gasteiger partial charge in [0.15, 0.2) is 0 Å². The highest BCUT2D eigenvalue weighted by Crippen LogP contribution is 1.37. The maximum absolute atomic E-state index is 9.00. The fourth-order valence-electron chi connectivity index (χ4n) is 0. The van der Waals surface area contributed by atoms with Gasteiger partial charge in [0, 0.05) is 6.92 Å². The summed E-state index contributed by atoms with van der Waals surface area (Å²) in [6.07, 6.45) is 0. The van der Waals surface area contributed by atoms with Crippen molar-refractivity contribution in [2.75, 3.05) is 0 Å². The van der Waals surface area contributed by atoms with Crippen molar-refractivity contribution < 1.29 is 4.79 Å². The first-order chi connectivity index (χ1) is 1.73. The Hall–Kier alpha value is -0.530. The van der Waals surface area contributed by atoms with E-state index in [1.165, 1.54) is 0 Å². The number of hydrogen-bond acceptors (Lipinski definition) is 1. The largest absolute Gasteiger partial charge is 0.273 e. The van der Waals surface area contributed by atoms with Gasteiger partial charge in [-0.1, -0.05) is 0 Å². The summed E-state index contributed by atoms with van der Waals surface area (Å²) in [5.74, 6) is -0.833. The molecule has 0 aliphatic heterocycles. The van der Waals surface area contributed by atoms with Crippen LogP contribution in [0.3, 0.4) is 0 Å². The molecule has 2 heteroatoms. The van der Waals surface area contributed by atoms with Crippen LogP contribution in [0.2, 0.25) is 0 Å². The second-order valence-electron chi connectivity index (χ2n) is 0.423. The van der Waals surface area contributed by atoms with Crippen LogP contribution in [0.4, 0.5) is 0 Å². The Morgan fingerprint density at radius 1 is 2.00 bits per heavy atom. The molecule has 0 aromatic rings. The van der Waals surface area contributed by atoms with E-state index in [4.69, 9.17) is 10.5 Å². The van der Waals surface area contributed by atoms with Crippen molar-refractivity contribution >= 4 is 5.91 Å². The van der Waals surface area contributed by atoms with E-state index in [-0.39, 0.29) is 0 Å². The highest BCUT2D eigenvalue weighted by Gasteiger charge is 1.65. The molecule has 2 radical (unpaired) electrons. The smallest absolute Gasteiger partial charge is 0.238 e. The molecule has 22 valence electrons. The highest BCUT2D eigenvalue weighted by atomic mass is 16.1. The molecular formula is C2H3NO. The van der Waals surface area contributed by atoms with Crippen LogP contribution in [-0.4, -0.2) is 5.91 Å². The van der Waals surface area contributed by atoms with Crippen LogP contribution < -0.4 is 5.73 Å². The summed E-state index contributed by atoms with van der Waals surface area (Å²) < 4.78 is 0. The maximum atomic E-state index is 9.00. The molecule has 0 spiro atoms. The molecule has 0 aliphatic carbocycles. The Morgan fingerprint density at radius 3 is 2.00 bits per heavy atom. The van der Waals surface area contributed by atoms with Gasteiger partial charge in [0.25, 0.3) is 0 Å². The quantitative estimate of drug-likeness (QED) is 0.374. The number of nitrogens with one attached hydrogen (secondary N) is 1. The maximum Gasteiger partial charge on any atom is 0.238 e. The lowest BCUT2D eigenvalue weighted by atomic mass is 10.8. The fourth-order valence-corrected chi connectivity index (χ4v) is 0. The summed E-state index contributed by atoms with van der Waals surface area (Å²) in [6, 6.07) is 0. The normalized spacial score (nSPS) is 6.25. The Kier molecular flexibility index (Phi) is 0.759. The monoisotopic (exact) mass is 57.0 g/mol. The summed E-state index contributed by atoms with van der Waals surface area (Å²) in [6.45, 7) is 2.67. The van der Waals surface area contributed by atoms with Gasteiger partial charge in [-0.3, -0.25) is 10.5 Å². The van der Waals surface area contributed by atoms with Crippen LogP contribution in [0.5, 0.6) is 0 Å². The van der Waals surface area contributed by atoms with E-state index < -0.39 is 5.91 Å². The lowest BCUT2D eigenvalue weighted by Crippen LogP contribution is -1.83. The summed E-state index contributed by atoms with van der Waals surface area (Å²) in [5.41, 5.74) is 5.83. The van der Waals surface area contributed by atoms with E-state index in [2.05, 4.69) is 6.92 Å². The summed E-state index contributed by atoms with van der Waals surface area (Å²) >= 11 is 0. The Morgan fingerprint density at radius 2 is 2.00 bits per heavy atom. The zero-order chi connectivity index (χ0) is 3.58. The lowest BCUT2D eigenvalue weighted by molar-refractivity contribution is -0.114. The number of amides is 1. The summed E-state index contributed by atoms with van der Waals surface area (Å²) in [4.78, 5) is 9.00. The summed E-state index contributed by atoms with van der Waals surface area (Å²) in [7, 11) is 0. The molecule has 0 rings (SSSR count). The van der Waals surface area contributed by atoms with Gasteiger partial charge in [-0.15, -0.1) is 0 Å². The predicted octanol–water partition coefficient (Wildman–Crippen LogP) is -0.370. The second-order valence-corrected chi connectivity index (χ2v) is 0.423. The van der Waals surface area contributed by atoms with E-state index in [1.54, 1.807) is 0 Å². The molecule has 0 aromatic carbocycles. The number of rotatable bonds is 0. The van der Waals surface area contributed by atoms with Gasteiger partial charge in [-0.05, 0) is 0 Å². The number of hydrogen-bond donors (Lipinski definition) is 0. The van der Waals surface area contributed by atoms with Gasteiger partial charge in [0.2, 0.25) is 5.91 Å². The van der Waals surface area contributed by atoms with Gasteiger partial charge in [-0.2, -0.15) is 0 Å². The first kappa shape index (κ1) is 3.47. The van der Waals surface area contributed by atoms with Gasteiger partial charge in [-0.25, -0.2) is 0 Å². The Balaban J connectivity index is 2.80. The minimum atomic E-state index is -0.833. The molecule has 0 atom stereocenters.